The highest BCUT2D eigenvalue weighted by molar-refractivity contribution is 9.10. The van der Waals surface area contributed by atoms with Gasteiger partial charge in [0, 0.05) is 17.6 Å². The van der Waals surface area contributed by atoms with Gasteiger partial charge in [0.15, 0.2) is 0 Å². The standard InChI is InChI=1S/C10H13BrN2O2S2/c1-3-13(7-8(2)6-12)17(14,15)10-9(11)4-5-16-10/h4-5,8H,3,7H2,1-2H3. The molecule has 94 valence electrons. The Labute approximate surface area is 114 Å². The third kappa shape index (κ3) is 3.28. The summed E-state index contributed by atoms with van der Waals surface area (Å²) in [7, 11) is -3.49. The van der Waals surface area contributed by atoms with Crippen LogP contribution in [0.4, 0.5) is 0 Å². The Kier molecular flexibility index (Phi) is 5.13. The largest absolute Gasteiger partial charge is 0.253 e. The van der Waals surface area contributed by atoms with E-state index in [1.54, 1.807) is 25.3 Å². The van der Waals surface area contributed by atoms with Crippen LogP contribution < -0.4 is 0 Å². The van der Waals surface area contributed by atoms with E-state index < -0.39 is 10.0 Å². The van der Waals surface area contributed by atoms with Gasteiger partial charge in [-0.3, -0.25) is 0 Å². The first-order valence-corrected chi connectivity index (χ1v) is 8.17. The van der Waals surface area contributed by atoms with E-state index in [0.29, 0.717) is 15.2 Å². The maximum absolute atomic E-state index is 12.3. The maximum atomic E-state index is 12.3. The molecule has 0 spiro atoms. The first-order valence-electron chi connectivity index (χ1n) is 5.06. The van der Waals surface area contributed by atoms with E-state index in [1.807, 2.05) is 6.07 Å². The van der Waals surface area contributed by atoms with Gasteiger partial charge in [-0.2, -0.15) is 9.57 Å². The van der Waals surface area contributed by atoms with Crippen LogP contribution in [-0.2, 0) is 10.0 Å². The van der Waals surface area contributed by atoms with E-state index in [0.717, 1.165) is 0 Å². The summed E-state index contributed by atoms with van der Waals surface area (Å²) in [4.78, 5) is 0. The zero-order valence-corrected chi connectivity index (χ0v) is 12.8. The molecule has 17 heavy (non-hydrogen) atoms. The van der Waals surface area contributed by atoms with Gasteiger partial charge in [0.05, 0.1) is 12.0 Å². The lowest BCUT2D eigenvalue weighted by atomic mass is 10.2. The van der Waals surface area contributed by atoms with Gasteiger partial charge in [0.1, 0.15) is 4.21 Å². The van der Waals surface area contributed by atoms with Crippen LogP contribution in [0.1, 0.15) is 13.8 Å². The van der Waals surface area contributed by atoms with Gasteiger partial charge >= 0.3 is 0 Å². The van der Waals surface area contributed by atoms with Gasteiger partial charge in [-0.25, -0.2) is 8.42 Å². The summed E-state index contributed by atoms with van der Waals surface area (Å²) in [6.07, 6.45) is 0. The van der Waals surface area contributed by atoms with Crippen LogP contribution in [0, 0.1) is 17.2 Å². The second-order valence-corrected chi connectivity index (χ2v) is 7.45. The summed E-state index contributed by atoms with van der Waals surface area (Å²) in [5.41, 5.74) is 0. The summed E-state index contributed by atoms with van der Waals surface area (Å²) in [5, 5.41) is 10.5. The van der Waals surface area contributed by atoms with Gasteiger partial charge in [0.25, 0.3) is 10.0 Å². The van der Waals surface area contributed by atoms with E-state index in [2.05, 4.69) is 15.9 Å². The van der Waals surface area contributed by atoms with Crippen LogP contribution in [0.15, 0.2) is 20.1 Å². The maximum Gasteiger partial charge on any atom is 0.253 e. The normalized spacial score (nSPS) is 13.6. The molecule has 0 saturated heterocycles. The zero-order valence-electron chi connectivity index (χ0n) is 9.55. The van der Waals surface area contributed by atoms with Crippen molar-refractivity contribution in [2.75, 3.05) is 13.1 Å². The smallest absolute Gasteiger partial charge is 0.206 e. The molecule has 0 radical (unpaired) electrons. The van der Waals surface area contributed by atoms with Crippen LogP contribution in [0.25, 0.3) is 0 Å². The van der Waals surface area contributed by atoms with Crippen LogP contribution in [0.5, 0.6) is 0 Å². The number of rotatable bonds is 5. The predicted octanol–water partition coefficient (Wildman–Crippen LogP) is 2.68. The van der Waals surface area contributed by atoms with Gasteiger partial charge in [-0.1, -0.05) is 6.92 Å². The summed E-state index contributed by atoms with van der Waals surface area (Å²) >= 11 is 4.40. The molecule has 0 aliphatic carbocycles. The number of halogens is 1. The van der Waals surface area contributed by atoms with Crippen molar-refractivity contribution in [3.63, 3.8) is 0 Å². The Morgan fingerprint density at radius 3 is 2.71 bits per heavy atom. The average Bonchev–Trinajstić information content (AvgIpc) is 2.72. The van der Waals surface area contributed by atoms with Crippen molar-refractivity contribution in [3.05, 3.63) is 15.9 Å². The Balaban J connectivity index is 3.04. The van der Waals surface area contributed by atoms with Crippen molar-refractivity contribution in [1.29, 1.82) is 5.26 Å². The summed E-state index contributed by atoms with van der Waals surface area (Å²) in [6, 6.07) is 3.75. The molecule has 4 nitrogen and oxygen atoms in total. The molecule has 0 bridgehead atoms. The van der Waals surface area contributed by atoms with Crippen LogP contribution >= 0.6 is 27.3 Å². The van der Waals surface area contributed by atoms with E-state index in [9.17, 15) is 8.42 Å². The minimum atomic E-state index is -3.49. The summed E-state index contributed by atoms with van der Waals surface area (Å²) in [5.74, 6) is -0.316. The molecule has 1 atom stereocenters. The average molecular weight is 337 g/mol. The summed E-state index contributed by atoms with van der Waals surface area (Å²) in [6.45, 7) is 4.06. The highest BCUT2D eigenvalue weighted by Gasteiger charge is 2.27. The minimum Gasteiger partial charge on any atom is -0.206 e. The SMILES string of the molecule is CCN(CC(C)C#N)S(=O)(=O)c1sccc1Br. The Bertz CT molecular complexity index is 519. The topological polar surface area (TPSA) is 61.2 Å². The van der Waals surface area contributed by atoms with Crippen LogP contribution in [0.3, 0.4) is 0 Å². The van der Waals surface area contributed by atoms with Gasteiger partial charge in [-0.15, -0.1) is 11.3 Å². The lowest BCUT2D eigenvalue weighted by Gasteiger charge is -2.20. The molecule has 7 heteroatoms. The van der Waals surface area contributed by atoms with Crippen molar-refractivity contribution >= 4 is 37.3 Å². The minimum absolute atomic E-state index is 0.222. The first-order chi connectivity index (χ1) is 7.93. The van der Waals surface area contributed by atoms with Gasteiger partial charge in [0.2, 0.25) is 0 Å². The quantitative estimate of drug-likeness (QED) is 0.830. The number of nitrogens with zero attached hydrogens (tertiary/aromatic N) is 2. The second kappa shape index (κ2) is 5.96. The molecule has 0 aromatic carbocycles. The second-order valence-electron chi connectivity index (χ2n) is 3.54. The Morgan fingerprint density at radius 1 is 1.65 bits per heavy atom. The van der Waals surface area contributed by atoms with Crippen molar-refractivity contribution in [2.24, 2.45) is 5.92 Å². The molecular formula is C10H13BrN2O2S2. The number of sulfonamides is 1. The van der Waals surface area contributed by atoms with Crippen molar-refractivity contribution < 1.29 is 8.42 Å². The molecule has 0 amide bonds. The van der Waals surface area contributed by atoms with E-state index in [-0.39, 0.29) is 12.5 Å². The molecule has 0 N–H and O–H groups in total. The molecule has 0 aliphatic heterocycles. The number of hydrogen-bond acceptors (Lipinski definition) is 4. The van der Waals surface area contributed by atoms with E-state index >= 15 is 0 Å². The molecule has 0 saturated carbocycles. The van der Waals surface area contributed by atoms with E-state index in [1.165, 1.54) is 15.6 Å². The fraction of sp³-hybridized carbons (Fsp3) is 0.500. The third-order valence-electron chi connectivity index (χ3n) is 2.21. The third-order valence-corrected chi connectivity index (χ3v) is 6.80. The molecule has 1 aromatic heterocycles. The summed E-state index contributed by atoms with van der Waals surface area (Å²) < 4.78 is 26.8. The number of thiophene rings is 1. The first kappa shape index (κ1) is 14.6. The fourth-order valence-electron chi connectivity index (χ4n) is 1.32. The van der Waals surface area contributed by atoms with Gasteiger partial charge in [-0.05, 0) is 34.3 Å². The number of hydrogen-bond donors (Lipinski definition) is 0. The highest BCUT2D eigenvalue weighted by Crippen LogP contribution is 2.30. The lowest BCUT2D eigenvalue weighted by Crippen LogP contribution is -2.34. The molecule has 1 aromatic rings. The lowest BCUT2D eigenvalue weighted by molar-refractivity contribution is 0.400. The molecule has 0 aliphatic rings. The van der Waals surface area contributed by atoms with Gasteiger partial charge < -0.3 is 0 Å². The fourth-order valence-corrected chi connectivity index (χ4v) is 5.31. The zero-order chi connectivity index (χ0) is 13.1. The molecule has 0 fully saturated rings. The van der Waals surface area contributed by atoms with Crippen molar-refractivity contribution in [2.45, 2.75) is 18.1 Å². The van der Waals surface area contributed by atoms with Crippen LogP contribution in [0.2, 0.25) is 0 Å². The molecular weight excluding hydrogens is 324 g/mol. The Hall–Kier alpha value is -0.420. The Morgan fingerprint density at radius 2 is 2.29 bits per heavy atom. The van der Waals surface area contributed by atoms with Crippen molar-refractivity contribution in [1.82, 2.24) is 4.31 Å². The highest BCUT2D eigenvalue weighted by atomic mass is 79.9. The predicted molar refractivity (Wildman–Crippen MR) is 71.2 cm³/mol. The monoisotopic (exact) mass is 336 g/mol. The van der Waals surface area contributed by atoms with Crippen LogP contribution in [-0.4, -0.2) is 25.8 Å². The van der Waals surface area contributed by atoms with E-state index in [4.69, 9.17) is 5.26 Å². The molecule has 1 unspecified atom stereocenters. The molecule has 1 rings (SSSR count). The molecule has 1 heterocycles. The van der Waals surface area contributed by atoms with Crippen molar-refractivity contribution in [3.8, 4) is 6.07 Å². The number of nitriles is 1.